The van der Waals surface area contributed by atoms with Crippen molar-refractivity contribution >= 4 is 10.1 Å². The number of rotatable bonds is 0. The molecule has 1 saturated carbocycles. The van der Waals surface area contributed by atoms with Crippen LogP contribution in [0.15, 0.2) is 0 Å². The lowest BCUT2D eigenvalue weighted by molar-refractivity contribution is 0.184. The molecule has 58 valence electrons. The van der Waals surface area contributed by atoms with Crippen LogP contribution in [0.4, 0.5) is 0 Å². The quantitative estimate of drug-likeness (QED) is 0.491. The molecule has 2 fully saturated rings. The second-order valence-corrected chi connectivity index (χ2v) is 5.12. The van der Waals surface area contributed by atoms with E-state index in [0.29, 0.717) is 6.61 Å². The van der Waals surface area contributed by atoms with Crippen LogP contribution >= 0.6 is 0 Å². The molecule has 1 aliphatic heterocycles. The average molecular weight is 162 g/mol. The molecular formula is C6H10O3S. The van der Waals surface area contributed by atoms with E-state index in [2.05, 4.69) is 4.18 Å². The highest BCUT2D eigenvalue weighted by molar-refractivity contribution is 7.89. The zero-order valence-corrected chi connectivity index (χ0v) is 6.49. The Morgan fingerprint density at radius 2 is 1.80 bits per heavy atom. The van der Waals surface area contributed by atoms with Gasteiger partial charge < -0.3 is 0 Å². The van der Waals surface area contributed by atoms with Crippen LogP contribution < -0.4 is 0 Å². The Morgan fingerprint density at radius 1 is 1.20 bits per heavy atom. The third-order valence-electron chi connectivity index (χ3n) is 2.52. The SMILES string of the molecule is O=S1(=O)OCC12CCCC2. The summed E-state index contributed by atoms with van der Waals surface area (Å²) in [4.78, 5) is 0. The van der Waals surface area contributed by atoms with Crippen LogP contribution in [0.3, 0.4) is 0 Å². The predicted molar refractivity (Wildman–Crippen MR) is 36.1 cm³/mol. The lowest BCUT2D eigenvalue weighted by atomic mass is 10.1. The van der Waals surface area contributed by atoms with Gasteiger partial charge in [0, 0.05) is 0 Å². The summed E-state index contributed by atoms with van der Waals surface area (Å²) in [6.07, 6.45) is 3.72. The van der Waals surface area contributed by atoms with Crippen LogP contribution in [-0.4, -0.2) is 19.8 Å². The minimum atomic E-state index is -3.12. The standard InChI is InChI=1S/C6H10O3S/c7-10(8)6(5-9-10)3-1-2-4-6/h1-5H2. The first-order valence-corrected chi connectivity index (χ1v) is 4.96. The van der Waals surface area contributed by atoms with Crippen molar-refractivity contribution in [2.45, 2.75) is 30.4 Å². The zero-order chi connectivity index (χ0) is 7.24. The lowest BCUT2D eigenvalue weighted by Gasteiger charge is -2.36. The van der Waals surface area contributed by atoms with Gasteiger partial charge in [0.25, 0.3) is 10.1 Å². The summed E-state index contributed by atoms with van der Waals surface area (Å²) >= 11 is 0. The van der Waals surface area contributed by atoms with E-state index in [1.165, 1.54) is 0 Å². The molecule has 0 bridgehead atoms. The van der Waals surface area contributed by atoms with Gasteiger partial charge >= 0.3 is 0 Å². The third-order valence-corrected chi connectivity index (χ3v) is 4.54. The first-order chi connectivity index (χ1) is 4.66. The third kappa shape index (κ3) is 0.609. The molecular weight excluding hydrogens is 152 g/mol. The van der Waals surface area contributed by atoms with Gasteiger partial charge in [-0.05, 0) is 12.8 Å². The summed E-state index contributed by atoms with van der Waals surface area (Å²) in [7, 11) is -3.12. The minimum Gasteiger partial charge on any atom is -0.268 e. The maximum Gasteiger partial charge on any atom is 0.275 e. The fourth-order valence-corrected chi connectivity index (χ4v) is 3.17. The van der Waals surface area contributed by atoms with E-state index < -0.39 is 14.9 Å². The zero-order valence-electron chi connectivity index (χ0n) is 5.67. The first kappa shape index (κ1) is 6.61. The highest BCUT2D eigenvalue weighted by atomic mass is 32.2. The molecule has 4 heteroatoms. The van der Waals surface area contributed by atoms with Crippen LogP contribution in [-0.2, 0) is 14.3 Å². The molecule has 0 N–H and O–H groups in total. The lowest BCUT2D eigenvalue weighted by Crippen LogP contribution is -2.51. The molecule has 2 aliphatic rings. The monoisotopic (exact) mass is 162 g/mol. The summed E-state index contributed by atoms with van der Waals surface area (Å²) in [6, 6.07) is 0. The topological polar surface area (TPSA) is 43.4 Å². The van der Waals surface area contributed by atoms with Crippen LogP contribution in [0.25, 0.3) is 0 Å². The molecule has 0 unspecified atom stereocenters. The second-order valence-electron chi connectivity index (χ2n) is 3.11. The summed E-state index contributed by atoms with van der Waals surface area (Å²) in [6.45, 7) is 0.440. The van der Waals surface area contributed by atoms with Gasteiger partial charge in [-0.15, -0.1) is 0 Å². The molecule has 0 atom stereocenters. The number of hydrogen-bond acceptors (Lipinski definition) is 3. The van der Waals surface area contributed by atoms with E-state index >= 15 is 0 Å². The van der Waals surface area contributed by atoms with E-state index in [-0.39, 0.29) is 0 Å². The Bertz CT molecular complexity index is 236. The Hall–Kier alpha value is -0.0900. The van der Waals surface area contributed by atoms with Gasteiger partial charge in [-0.25, -0.2) is 0 Å². The van der Waals surface area contributed by atoms with Gasteiger partial charge in [0.1, 0.15) is 4.75 Å². The molecule has 0 aromatic carbocycles. The van der Waals surface area contributed by atoms with Crippen LogP contribution in [0, 0.1) is 0 Å². The van der Waals surface area contributed by atoms with Gasteiger partial charge in [-0.1, -0.05) is 12.8 Å². The fraction of sp³-hybridized carbons (Fsp3) is 1.00. The van der Waals surface area contributed by atoms with Crippen molar-refractivity contribution in [3.63, 3.8) is 0 Å². The van der Waals surface area contributed by atoms with Gasteiger partial charge in [0.2, 0.25) is 0 Å². The second kappa shape index (κ2) is 1.74. The average Bonchev–Trinajstić information content (AvgIpc) is 2.34. The van der Waals surface area contributed by atoms with Crippen molar-refractivity contribution in [3.05, 3.63) is 0 Å². The maximum atomic E-state index is 11.0. The number of hydrogen-bond donors (Lipinski definition) is 0. The van der Waals surface area contributed by atoms with E-state index in [0.717, 1.165) is 25.7 Å². The highest BCUT2D eigenvalue weighted by Gasteiger charge is 2.55. The van der Waals surface area contributed by atoms with E-state index in [4.69, 9.17) is 0 Å². The smallest absolute Gasteiger partial charge is 0.268 e. The summed E-state index contributed by atoms with van der Waals surface area (Å²) in [5.41, 5.74) is 0. The normalized spacial score (nSPS) is 34.0. The molecule has 0 aromatic rings. The molecule has 10 heavy (non-hydrogen) atoms. The summed E-state index contributed by atoms with van der Waals surface area (Å²) in [5, 5.41) is 0. The molecule has 1 saturated heterocycles. The molecule has 1 heterocycles. The highest BCUT2D eigenvalue weighted by Crippen LogP contribution is 2.44. The van der Waals surface area contributed by atoms with Crippen molar-refractivity contribution in [1.29, 1.82) is 0 Å². The Balaban J connectivity index is 2.32. The van der Waals surface area contributed by atoms with Gasteiger partial charge in [-0.3, -0.25) is 4.18 Å². The molecule has 3 nitrogen and oxygen atoms in total. The van der Waals surface area contributed by atoms with Crippen molar-refractivity contribution in [3.8, 4) is 0 Å². The summed E-state index contributed by atoms with van der Waals surface area (Å²) < 4.78 is 26.1. The van der Waals surface area contributed by atoms with Crippen molar-refractivity contribution < 1.29 is 12.6 Å². The predicted octanol–water partition coefficient (Wildman–Crippen LogP) is 0.659. The molecule has 1 spiro atoms. The van der Waals surface area contributed by atoms with Crippen molar-refractivity contribution in [2.24, 2.45) is 0 Å². The maximum absolute atomic E-state index is 11.0. The Morgan fingerprint density at radius 3 is 2.00 bits per heavy atom. The molecule has 2 rings (SSSR count). The van der Waals surface area contributed by atoms with Crippen LogP contribution in [0.5, 0.6) is 0 Å². The van der Waals surface area contributed by atoms with E-state index in [1.54, 1.807) is 0 Å². The molecule has 0 radical (unpaired) electrons. The van der Waals surface area contributed by atoms with Crippen molar-refractivity contribution in [1.82, 2.24) is 0 Å². The summed E-state index contributed by atoms with van der Waals surface area (Å²) in [5.74, 6) is 0. The largest absolute Gasteiger partial charge is 0.275 e. The van der Waals surface area contributed by atoms with E-state index in [9.17, 15) is 8.42 Å². The van der Waals surface area contributed by atoms with Crippen LogP contribution in [0.2, 0.25) is 0 Å². The van der Waals surface area contributed by atoms with Crippen LogP contribution in [0.1, 0.15) is 25.7 Å². The van der Waals surface area contributed by atoms with E-state index in [1.807, 2.05) is 0 Å². The molecule has 0 amide bonds. The Kier molecular flexibility index (Phi) is 1.15. The van der Waals surface area contributed by atoms with Gasteiger partial charge in [0.05, 0.1) is 6.61 Å². The first-order valence-electron chi connectivity index (χ1n) is 3.55. The van der Waals surface area contributed by atoms with Gasteiger partial charge in [0.15, 0.2) is 0 Å². The Labute approximate surface area is 60.5 Å². The fourth-order valence-electron chi connectivity index (χ4n) is 1.74. The minimum absolute atomic E-state index is 0.437. The molecule has 1 aliphatic carbocycles. The molecule has 0 aromatic heterocycles. The van der Waals surface area contributed by atoms with Crippen molar-refractivity contribution in [2.75, 3.05) is 6.61 Å². The van der Waals surface area contributed by atoms with Gasteiger partial charge in [-0.2, -0.15) is 8.42 Å².